The van der Waals surface area contributed by atoms with Crippen molar-refractivity contribution in [1.82, 2.24) is 0 Å². The zero-order valence-corrected chi connectivity index (χ0v) is 8.04. The van der Waals surface area contributed by atoms with Crippen LogP contribution in [0.4, 0.5) is 12.9 Å². The van der Waals surface area contributed by atoms with E-state index in [2.05, 4.69) is 4.74 Å². The average Bonchev–Trinajstić information content (AvgIpc) is 2.17. The lowest BCUT2D eigenvalue weighted by molar-refractivity contribution is -0.139. The smallest absolute Gasteiger partial charge is 0.469 e. The Balaban J connectivity index is 2.88. The van der Waals surface area contributed by atoms with Gasteiger partial charge in [-0.25, -0.2) is 0 Å². The summed E-state index contributed by atoms with van der Waals surface area (Å²) in [5.41, 5.74) is -0.394. The molecule has 2 nitrogen and oxygen atoms in total. The third-order valence-electron chi connectivity index (χ3n) is 1.91. The highest BCUT2D eigenvalue weighted by molar-refractivity contribution is 6.73. The van der Waals surface area contributed by atoms with Crippen LogP contribution >= 0.6 is 0 Å². The van der Waals surface area contributed by atoms with Crippen LogP contribution in [0, 0.1) is 0 Å². The summed E-state index contributed by atoms with van der Waals surface area (Å²) in [4.78, 5) is 10.8. The number of carbonyl (C=O) groups is 1. The van der Waals surface area contributed by atoms with Gasteiger partial charge in [-0.1, -0.05) is 24.3 Å². The first-order valence-corrected chi connectivity index (χ1v) is 4.29. The average molecular weight is 217 g/mol. The van der Waals surface area contributed by atoms with E-state index in [1.54, 1.807) is 0 Å². The number of rotatable bonds is 3. The molecule has 0 fully saturated rings. The van der Waals surface area contributed by atoms with Crippen molar-refractivity contribution >= 4 is 18.4 Å². The fraction of sp³-hybridized carbons (Fsp3) is 0.222. The van der Waals surface area contributed by atoms with Crippen LogP contribution in [-0.4, -0.2) is 20.1 Å². The molecule has 0 saturated heterocycles. The highest BCUT2D eigenvalue weighted by atomic mass is 19.4. The molecule has 0 bridgehead atoms. The minimum Gasteiger partial charge on any atom is -0.469 e. The van der Waals surface area contributed by atoms with Crippen LogP contribution < -0.4 is 5.46 Å². The summed E-state index contributed by atoms with van der Waals surface area (Å²) in [6, 6.07) is 4.70. The van der Waals surface area contributed by atoms with E-state index in [1.165, 1.54) is 19.2 Å². The molecule has 0 aromatic heterocycles. The van der Waals surface area contributed by atoms with Crippen molar-refractivity contribution in [3.8, 4) is 0 Å². The first kappa shape index (κ1) is 11.6. The van der Waals surface area contributed by atoms with Crippen LogP contribution in [-0.2, 0) is 16.0 Å². The number of benzene rings is 1. The summed E-state index contributed by atoms with van der Waals surface area (Å²) in [5, 5.41) is 0. The second-order valence-corrected chi connectivity index (χ2v) is 3.07. The zero-order valence-electron chi connectivity index (χ0n) is 8.04. The Bertz CT molecular complexity index is 363. The minimum absolute atomic E-state index is 0.142. The van der Waals surface area contributed by atoms with Gasteiger partial charge in [0, 0.05) is 0 Å². The standard InChI is InChI=1S/C9H9BF3O2/c1-15-9(14)6-7-3-2-4-8(5-7)10(11,12)13/h2-5H,6H2,1H3/q-1. The van der Waals surface area contributed by atoms with Crippen molar-refractivity contribution in [2.75, 3.05) is 7.11 Å². The summed E-state index contributed by atoms with van der Waals surface area (Å²) in [7, 11) is 1.19. The second-order valence-electron chi connectivity index (χ2n) is 3.07. The molecular weight excluding hydrogens is 208 g/mol. The van der Waals surface area contributed by atoms with Gasteiger partial charge >= 0.3 is 12.9 Å². The van der Waals surface area contributed by atoms with Crippen LogP contribution in [0.1, 0.15) is 5.56 Å². The zero-order chi connectivity index (χ0) is 11.5. The number of methoxy groups -OCH3 is 1. The van der Waals surface area contributed by atoms with Crippen LogP contribution in [0.15, 0.2) is 24.3 Å². The van der Waals surface area contributed by atoms with E-state index in [0.717, 1.165) is 12.1 Å². The van der Waals surface area contributed by atoms with Gasteiger partial charge in [-0.2, -0.15) is 0 Å². The van der Waals surface area contributed by atoms with E-state index in [9.17, 15) is 17.7 Å². The van der Waals surface area contributed by atoms with Crippen LogP contribution in [0.3, 0.4) is 0 Å². The highest BCUT2D eigenvalue weighted by Crippen LogP contribution is 2.10. The topological polar surface area (TPSA) is 26.3 Å². The molecule has 1 aromatic carbocycles. The van der Waals surface area contributed by atoms with Gasteiger partial charge in [0.15, 0.2) is 0 Å². The molecule has 1 rings (SSSR count). The summed E-state index contributed by atoms with van der Waals surface area (Å²) in [5.74, 6) is -0.554. The summed E-state index contributed by atoms with van der Waals surface area (Å²) in [6.45, 7) is -5.01. The van der Waals surface area contributed by atoms with Crippen molar-refractivity contribution in [3.63, 3.8) is 0 Å². The number of hydrogen-bond acceptors (Lipinski definition) is 2. The van der Waals surface area contributed by atoms with Gasteiger partial charge in [0.1, 0.15) is 0 Å². The van der Waals surface area contributed by atoms with Crippen molar-refractivity contribution < 1.29 is 22.5 Å². The van der Waals surface area contributed by atoms with E-state index >= 15 is 0 Å². The number of esters is 1. The maximum absolute atomic E-state index is 12.3. The molecule has 0 atom stereocenters. The van der Waals surface area contributed by atoms with E-state index in [1.807, 2.05) is 0 Å². The molecule has 0 aliphatic carbocycles. The third-order valence-corrected chi connectivity index (χ3v) is 1.91. The summed E-state index contributed by atoms with van der Waals surface area (Å²) < 4.78 is 41.4. The van der Waals surface area contributed by atoms with E-state index in [4.69, 9.17) is 0 Å². The Kier molecular flexibility index (Phi) is 3.39. The lowest BCUT2D eigenvalue weighted by Gasteiger charge is -2.15. The van der Waals surface area contributed by atoms with Gasteiger partial charge in [0.05, 0.1) is 13.5 Å². The second kappa shape index (κ2) is 4.38. The molecule has 6 heteroatoms. The minimum atomic E-state index is -5.01. The van der Waals surface area contributed by atoms with Crippen LogP contribution in [0.2, 0.25) is 0 Å². The number of hydrogen-bond donors (Lipinski definition) is 0. The molecule has 1 aromatic rings. The van der Waals surface area contributed by atoms with Gasteiger partial charge in [-0.05, 0) is 5.56 Å². The Morgan fingerprint density at radius 1 is 1.40 bits per heavy atom. The Hall–Kier alpha value is -1.46. The normalized spacial score (nSPS) is 11.2. The predicted molar refractivity (Wildman–Crippen MR) is 50.9 cm³/mol. The summed E-state index contributed by atoms with van der Waals surface area (Å²) in [6.07, 6.45) is -0.142. The SMILES string of the molecule is COC(=O)Cc1cccc([B-](F)(F)F)c1. The van der Waals surface area contributed by atoms with Crippen LogP contribution in [0.5, 0.6) is 0 Å². The molecule has 0 spiro atoms. The Morgan fingerprint density at radius 2 is 2.07 bits per heavy atom. The fourth-order valence-corrected chi connectivity index (χ4v) is 1.15. The van der Waals surface area contributed by atoms with Gasteiger partial charge < -0.3 is 17.7 Å². The largest absolute Gasteiger partial charge is 0.509 e. The molecule has 0 amide bonds. The third kappa shape index (κ3) is 3.30. The monoisotopic (exact) mass is 217 g/mol. The first-order chi connectivity index (χ1) is 6.93. The first-order valence-electron chi connectivity index (χ1n) is 4.29. The predicted octanol–water partition coefficient (Wildman–Crippen LogP) is 1.46. The Morgan fingerprint density at radius 3 is 2.60 bits per heavy atom. The lowest BCUT2D eigenvalue weighted by Crippen LogP contribution is -2.34. The lowest BCUT2D eigenvalue weighted by atomic mass is 9.79. The molecule has 82 valence electrons. The molecule has 0 unspecified atom stereocenters. The van der Waals surface area contributed by atoms with Gasteiger partial charge in [-0.3, -0.25) is 4.79 Å². The van der Waals surface area contributed by atoms with Gasteiger partial charge in [0.2, 0.25) is 0 Å². The Labute approximate surface area is 85.1 Å². The van der Waals surface area contributed by atoms with Crippen molar-refractivity contribution in [3.05, 3.63) is 29.8 Å². The number of halogens is 3. The summed E-state index contributed by atoms with van der Waals surface area (Å²) >= 11 is 0. The molecule has 0 heterocycles. The molecule has 0 N–H and O–H groups in total. The van der Waals surface area contributed by atoms with Gasteiger partial charge in [-0.15, -0.1) is 5.46 Å². The maximum Gasteiger partial charge on any atom is 0.509 e. The highest BCUT2D eigenvalue weighted by Gasteiger charge is 2.25. The quantitative estimate of drug-likeness (QED) is 0.565. The van der Waals surface area contributed by atoms with E-state index in [0.29, 0.717) is 5.56 Å². The number of ether oxygens (including phenoxy) is 1. The molecule has 0 aliphatic rings. The van der Waals surface area contributed by atoms with Crippen molar-refractivity contribution in [2.24, 2.45) is 0 Å². The van der Waals surface area contributed by atoms with Gasteiger partial charge in [0.25, 0.3) is 0 Å². The van der Waals surface area contributed by atoms with Crippen LogP contribution in [0.25, 0.3) is 0 Å². The number of carbonyl (C=O) groups excluding carboxylic acids is 1. The van der Waals surface area contributed by atoms with E-state index < -0.39 is 18.4 Å². The molecule has 0 radical (unpaired) electrons. The molecule has 15 heavy (non-hydrogen) atoms. The van der Waals surface area contributed by atoms with E-state index in [-0.39, 0.29) is 6.42 Å². The van der Waals surface area contributed by atoms with Crippen molar-refractivity contribution in [2.45, 2.75) is 6.42 Å². The molecule has 0 aliphatic heterocycles. The maximum atomic E-state index is 12.3. The molecular formula is C9H9BF3O2-. The molecule has 0 saturated carbocycles. The van der Waals surface area contributed by atoms with Crippen molar-refractivity contribution in [1.29, 1.82) is 0 Å². The fourth-order valence-electron chi connectivity index (χ4n) is 1.15.